The molecular weight excluding hydrogens is 178 g/mol. The molecule has 4 heteroatoms. The first-order chi connectivity index (χ1) is 6.63. The number of aromatic nitrogens is 2. The fourth-order valence-corrected chi connectivity index (χ4v) is 1.17. The van der Waals surface area contributed by atoms with Crippen LogP contribution >= 0.6 is 0 Å². The van der Waals surface area contributed by atoms with E-state index in [4.69, 9.17) is 0 Å². The summed E-state index contributed by atoms with van der Waals surface area (Å²) in [6.07, 6.45) is 0.910. The minimum atomic E-state index is -0.0288. The Morgan fingerprint density at radius 3 is 2.93 bits per heavy atom. The monoisotopic (exact) mass is 195 g/mol. The van der Waals surface area contributed by atoms with Crippen LogP contribution in [0, 0.1) is 6.92 Å². The fourth-order valence-electron chi connectivity index (χ4n) is 1.17. The molecule has 1 aromatic rings. The van der Waals surface area contributed by atoms with Gasteiger partial charge in [0.25, 0.3) is 5.56 Å². The van der Waals surface area contributed by atoms with Crippen LogP contribution in [0.15, 0.2) is 16.9 Å². The first-order valence-corrected chi connectivity index (χ1v) is 4.85. The van der Waals surface area contributed by atoms with Crippen LogP contribution in [0.2, 0.25) is 0 Å². The van der Waals surface area contributed by atoms with Crippen LogP contribution in [0.1, 0.15) is 19.0 Å². The van der Waals surface area contributed by atoms with Gasteiger partial charge in [-0.25, -0.2) is 4.68 Å². The van der Waals surface area contributed by atoms with E-state index in [0.29, 0.717) is 12.6 Å². The van der Waals surface area contributed by atoms with Crippen LogP contribution in [0.4, 0.5) is 0 Å². The summed E-state index contributed by atoms with van der Waals surface area (Å²) in [5.41, 5.74) is 0.848. The summed E-state index contributed by atoms with van der Waals surface area (Å²) >= 11 is 0. The molecule has 0 aromatic carbocycles. The third-order valence-electron chi connectivity index (χ3n) is 2.27. The fraction of sp³-hybridized carbons (Fsp3) is 0.600. The molecule has 1 atom stereocenters. The number of rotatable bonds is 4. The van der Waals surface area contributed by atoms with Crippen molar-refractivity contribution in [2.24, 2.45) is 0 Å². The summed E-state index contributed by atoms with van der Waals surface area (Å²) < 4.78 is 1.52. The van der Waals surface area contributed by atoms with Crippen molar-refractivity contribution in [2.75, 3.05) is 7.05 Å². The van der Waals surface area contributed by atoms with Crippen molar-refractivity contribution in [1.29, 1.82) is 0 Å². The van der Waals surface area contributed by atoms with Gasteiger partial charge in [0.1, 0.15) is 0 Å². The van der Waals surface area contributed by atoms with Crippen molar-refractivity contribution >= 4 is 0 Å². The third-order valence-corrected chi connectivity index (χ3v) is 2.27. The van der Waals surface area contributed by atoms with Crippen molar-refractivity contribution in [3.63, 3.8) is 0 Å². The molecule has 1 rings (SSSR count). The van der Waals surface area contributed by atoms with Gasteiger partial charge >= 0.3 is 0 Å². The van der Waals surface area contributed by atoms with Gasteiger partial charge in [0, 0.05) is 18.7 Å². The Bertz CT molecular complexity index is 345. The highest BCUT2D eigenvalue weighted by atomic mass is 16.1. The zero-order chi connectivity index (χ0) is 10.6. The van der Waals surface area contributed by atoms with Crippen molar-refractivity contribution < 1.29 is 0 Å². The summed E-state index contributed by atoms with van der Waals surface area (Å²) in [4.78, 5) is 11.4. The minimum Gasteiger partial charge on any atom is -0.317 e. The molecule has 14 heavy (non-hydrogen) atoms. The molecule has 0 saturated carbocycles. The number of nitrogens with one attached hydrogen (secondary N) is 1. The maximum absolute atomic E-state index is 11.4. The lowest BCUT2D eigenvalue weighted by Gasteiger charge is -2.10. The molecule has 1 aromatic heterocycles. The van der Waals surface area contributed by atoms with Crippen molar-refractivity contribution in [1.82, 2.24) is 15.1 Å². The largest absolute Gasteiger partial charge is 0.317 e. The maximum atomic E-state index is 11.4. The van der Waals surface area contributed by atoms with E-state index < -0.39 is 0 Å². The first kappa shape index (κ1) is 10.9. The quantitative estimate of drug-likeness (QED) is 0.763. The van der Waals surface area contributed by atoms with Gasteiger partial charge in [-0.1, -0.05) is 0 Å². The Labute approximate surface area is 84.0 Å². The number of hydrogen-bond donors (Lipinski definition) is 1. The molecule has 1 unspecified atom stereocenters. The number of hydrogen-bond acceptors (Lipinski definition) is 3. The van der Waals surface area contributed by atoms with Gasteiger partial charge in [-0.15, -0.1) is 0 Å². The molecule has 1 N–H and O–H groups in total. The third kappa shape index (κ3) is 2.96. The summed E-state index contributed by atoms with van der Waals surface area (Å²) in [6, 6.07) is 3.70. The van der Waals surface area contributed by atoms with E-state index in [1.165, 1.54) is 4.68 Å². The van der Waals surface area contributed by atoms with Gasteiger partial charge in [-0.2, -0.15) is 5.10 Å². The second kappa shape index (κ2) is 4.91. The molecule has 0 aliphatic rings. The standard InChI is InChI=1S/C10H17N3O/c1-8(11-3)6-7-13-10(14)5-4-9(2)12-13/h4-5,8,11H,6-7H2,1-3H3. The van der Waals surface area contributed by atoms with Crippen LogP contribution in [-0.2, 0) is 6.54 Å². The lowest BCUT2D eigenvalue weighted by atomic mass is 10.2. The molecule has 0 aliphatic heterocycles. The highest BCUT2D eigenvalue weighted by Gasteiger charge is 2.01. The Kier molecular flexibility index (Phi) is 3.83. The Hall–Kier alpha value is -1.16. The zero-order valence-corrected chi connectivity index (χ0v) is 8.95. The molecule has 0 saturated heterocycles. The van der Waals surface area contributed by atoms with Crippen LogP contribution in [0.3, 0.4) is 0 Å². The molecule has 0 aliphatic carbocycles. The molecule has 0 fully saturated rings. The molecule has 0 bridgehead atoms. The predicted octanol–water partition coefficient (Wildman–Crippen LogP) is 0.550. The minimum absolute atomic E-state index is 0.0288. The Morgan fingerprint density at radius 1 is 1.57 bits per heavy atom. The number of aryl methyl sites for hydroxylation is 2. The van der Waals surface area contributed by atoms with Crippen LogP contribution in [-0.4, -0.2) is 22.9 Å². The van der Waals surface area contributed by atoms with E-state index in [0.717, 1.165) is 12.1 Å². The SMILES string of the molecule is CNC(C)CCn1nc(C)ccc1=O. The molecule has 0 radical (unpaired) electrons. The van der Waals surface area contributed by atoms with Gasteiger partial charge in [0.05, 0.1) is 5.69 Å². The maximum Gasteiger partial charge on any atom is 0.266 e. The van der Waals surface area contributed by atoms with Crippen molar-refractivity contribution in [3.8, 4) is 0 Å². The molecule has 0 amide bonds. The average Bonchev–Trinajstić information content (AvgIpc) is 2.19. The van der Waals surface area contributed by atoms with Gasteiger partial charge in [-0.3, -0.25) is 4.79 Å². The van der Waals surface area contributed by atoms with E-state index >= 15 is 0 Å². The van der Waals surface area contributed by atoms with Gasteiger partial charge < -0.3 is 5.32 Å². The molecule has 0 spiro atoms. The summed E-state index contributed by atoms with van der Waals surface area (Å²) in [5, 5.41) is 7.28. The summed E-state index contributed by atoms with van der Waals surface area (Å²) in [5.74, 6) is 0. The van der Waals surface area contributed by atoms with Crippen LogP contribution in [0.5, 0.6) is 0 Å². The molecule has 1 heterocycles. The van der Waals surface area contributed by atoms with Crippen molar-refractivity contribution in [2.45, 2.75) is 32.9 Å². The lowest BCUT2D eigenvalue weighted by Crippen LogP contribution is -2.28. The summed E-state index contributed by atoms with van der Waals surface area (Å²) in [6.45, 7) is 4.64. The van der Waals surface area contributed by atoms with E-state index in [1.54, 1.807) is 12.1 Å². The van der Waals surface area contributed by atoms with Gasteiger partial charge in [0.15, 0.2) is 0 Å². The highest BCUT2D eigenvalue weighted by Crippen LogP contribution is 1.92. The van der Waals surface area contributed by atoms with Crippen LogP contribution in [0.25, 0.3) is 0 Å². The van der Waals surface area contributed by atoms with E-state index in [1.807, 2.05) is 14.0 Å². The Morgan fingerprint density at radius 2 is 2.29 bits per heavy atom. The topological polar surface area (TPSA) is 46.9 Å². The van der Waals surface area contributed by atoms with Gasteiger partial charge in [-0.05, 0) is 33.4 Å². The average molecular weight is 195 g/mol. The zero-order valence-electron chi connectivity index (χ0n) is 8.95. The Balaban J connectivity index is 2.67. The molecule has 78 valence electrons. The van der Waals surface area contributed by atoms with Crippen LogP contribution < -0.4 is 10.9 Å². The number of nitrogens with zero attached hydrogens (tertiary/aromatic N) is 2. The second-order valence-corrected chi connectivity index (χ2v) is 3.51. The van der Waals surface area contributed by atoms with E-state index in [2.05, 4.69) is 17.3 Å². The molecule has 4 nitrogen and oxygen atoms in total. The molecular formula is C10H17N3O. The predicted molar refractivity (Wildman–Crippen MR) is 56.4 cm³/mol. The normalized spacial score (nSPS) is 12.8. The van der Waals surface area contributed by atoms with E-state index in [9.17, 15) is 4.79 Å². The summed E-state index contributed by atoms with van der Waals surface area (Å²) in [7, 11) is 1.91. The first-order valence-electron chi connectivity index (χ1n) is 4.85. The van der Waals surface area contributed by atoms with Gasteiger partial charge in [0.2, 0.25) is 0 Å². The van der Waals surface area contributed by atoms with E-state index in [-0.39, 0.29) is 5.56 Å². The highest BCUT2D eigenvalue weighted by molar-refractivity contribution is 4.96. The lowest BCUT2D eigenvalue weighted by molar-refractivity contribution is 0.469. The smallest absolute Gasteiger partial charge is 0.266 e. The second-order valence-electron chi connectivity index (χ2n) is 3.51. The van der Waals surface area contributed by atoms with Crippen molar-refractivity contribution in [3.05, 3.63) is 28.2 Å².